The minimum Gasteiger partial charge on any atom is -0.480 e. The van der Waals surface area contributed by atoms with Gasteiger partial charge in [0.1, 0.15) is 6.04 Å². The number of nitrogens with one attached hydrogen (secondary N) is 2. The highest BCUT2D eigenvalue weighted by atomic mass is 35.5. The van der Waals surface area contributed by atoms with Gasteiger partial charge in [-0.25, -0.2) is 4.79 Å². The van der Waals surface area contributed by atoms with Crippen molar-refractivity contribution in [3.05, 3.63) is 98.0 Å². The fourth-order valence-electron chi connectivity index (χ4n) is 3.12. The Hall–Kier alpha value is -3.06. The highest BCUT2D eigenvalue weighted by molar-refractivity contribution is 6.40. The number of carboxylic acids is 1. The van der Waals surface area contributed by atoms with Crippen LogP contribution < -0.4 is 10.6 Å². The van der Waals surface area contributed by atoms with Crippen LogP contribution in [0.1, 0.15) is 31.8 Å². The van der Waals surface area contributed by atoms with Gasteiger partial charge in [0, 0.05) is 12.1 Å². The van der Waals surface area contributed by atoms with Crippen LogP contribution in [0.2, 0.25) is 15.1 Å². The molecule has 33 heavy (non-hydrogen) atoms. The summed E-state index contributed by atoms with van der Waals surface area (Å²) in [6.45, 7) is 1.81. The smallest absolute Gasteiger partial charge is 0.326 e. The standard InChI is InChI=1S/C24H19Cl3N2O4/c1-13-5-10-17(25)16(11-13)22(30)29-20(24(32)33)12-14-6-8-15(9-7-14)28-23(31)21-18(26)3-2-4-19(21)27/h2-11,20H,12H2,1H3,(H,28,31)(H,29,30)(H,32,33)/t20-/m0/s1. The Kier molecular flexibility index (Phi) is 7.97. The average Bonchev–Trinajstić information content (AvgIpc) is 2.76. The Labute approximate surface area is 205 Å². The molecule has 1 atom stereocenters. The van der Waals surface area contributed by atoms with E-state index in [9.17, 15) is 19.5 Å². The summed E-state index contributed by atoms with van der Waals surface area (Å²) in [6.07, 6.45) is 0.0368. The van der Waals surface area contributed by atoms with Gasteiger partial charge in [-0.15, -0.1) is 0 Å². The molecular weight excluding hydrogens is 487 g/mol. The first-order chi connectivity index (χ1) is 15.7. The molecule has 0 aliphatic carbocycles. The summed E-state index contributed by atoms with van der Waals surface area (Å²) in [5, 5.41) is 15.5. The van der Waals surface area contributed by atoms with Gasteiger partial charge >= 0.3 is 5.97 Å². The van der Waals surface area contributed by atoms with Crippen molar-refractivity contribution in [1.29, 1.82) is 0 Å². The van der Waals surface area contributed by atoms with Crippen molar-refractivity contribution in [3.8, 4) is 0 Å². The van der Waals surface area contributed by atoms with Gasteiger partial charge in [-0.3, -0.25) is 9.59 Å². The van der Waals surface area contributed by atoms with Gasteiger partial charge in [0.25, 0.3) is 11.8 Å². The number of amides is 2. The second-order valence-electron chi connectivity index (χ2n) is 7.30. The zero-order chi connectivity index (χ0) is 24.1. The van der Waals surface area contributed by atoms with E-state index < -0.39 is 23.8 Å². The summed E-state index contributed by atoms with van der Waals surface area (Å²) in [6, 6.07) is 15.1. The van der Waals surface area contributed by atoms with Crippen molar-refractivity contribution < 1.29 is 19.5 Å². The molecule has 0 aromatic heterocycles. The van der Waals surface area contributed by atoms with Crippen LogP contribution in [0.4, 0.5) is 5.69 Å². The highest BCUT2D eigenvalue weighted by Gasteiger charge is 2.22. The number of hydrogen-bond acceptors (Lipinski definition) is 3. The van der Waals surface area contributed by atoms with Crippen LogP contribution in [0.15, 0.2) is 60.7 Å². The predicted octanol–water partition coefficient (Wildman–Crippen LogP) is 5.63. The second kappa shape index (κ2) is 10.7. The van der Waals surface area contributed by atoms with E-state index in [0.717, 1.165) is 5.56 Å². The van der Waals surface area contributed by atoms with Gasteiger partial charge in [0.15, 0.2) is 0 Å². The zero-order valence-corrected chi connectivity index (χ0v) is 19.6. The third-order valence-corrected chi connectivity index (χ3v) is 5.77. The van der Waals surface area contributed by atoms with Crippen molar-refractivity contribution >= 4 is 58.3 Å². The SMILES string of the molecule is Cc1ccc(Cl)c(C(=O)N[C@@H](Cc2ccc(NC(=O)c3c(Cl)cccc3Cl)cc2)C(=O)O)c1. The summed E-state index contributed by atoms with van der Waals surface area (Å²) in [5.74, 6) is -2.22. The van der Waals surface area contributed by atoms with Crippen LogP contribution in [0.25, 0.3) is 0 Å². The minimum absolute atomic E-state index is 0.0368. The van der Waals surface area contributed by atoms with Gasteiger partial charge in [-0.2, -0.15) is 0 Å². The van der Waals surface area contributed by atoms with Gasteiger partial charge in [-0.05, 0) is 48.9 Å². The Morgan fingerprint density at radius 2 is 1.52 bits per heavy atom. The van der Waals surface area contributed by atoms with Crippen molar-refractivity contribution in [2.75, 3.05) is 5.32 Å². The summed E-state index contributed by atoms with van der Waals surface area (Å²) < 4.78 is 0. The molecule has 0 saturated carbocycles. The van der Waals surface area contributed by atoms with Gasteiger partial charge < -0.3 is 15.7 Å². The fraction of sp³-hybridized carbons (Fsp3) is 0.125. The lowest BCUT2D eigenvalue weighted by Gasteiger charge is -2.16. The molecule has 0 fully saturated rings. The molecule has 0 heterocycles. The lowest BCUT2D eigenvalue weighted by molar-refractivity contribution is -0.139. The summed E-state index contributed by atoms with van der Waals surface area (Å²) in [4.78, 5) is 36.8. The first kappa shape index (κ1) is 24.6. The van der Waals surface area contributed by atoms with E-state index in [1.54, 1.807) is 60.7 Å². The third kappa shape index (κ3) is 6.26. The monoisotopic (exact) mass is 504 g/mol. The maximum absolute atomic E-state index is 12.6. The predicted molar refractivity (Wildman–Crippen MR) is 130 cm³/mol. The average molecular weight is 506 g/mol. The number of halogens is 3. The van der Waals surface area contributed by atoms with Crippen LogP contribution in [0.3, 0.4) is 0 Å². The lowest BCUT2D eigenvalue weighted by Crippen LogP contribution is -2.42. The molecule has 0 saturated heterocycles. The molecule has 3 aromatic rings. The van der Waals surface area contributed by atoms with Crippen LogP contribution >= 0.6 is 34.8 Å². The number of anilines is 1. The van der Waals surface area contributed by atoms with E-state index in [2.05, 4.69) is 10.6 Å². The molecule has 0 unspecified atom stereocenters. The molecule has 0 spiro atoms. The summed E-state index contributed by atoms with van der Waals surface area (Å²) >= 11 is 18.2. The Bertz CT molecular complexity index is 1190. The molecule has 3 N–H and O–H groups in total. The molecule has 2 amide bonds. The van der Waals surface area contributed by atoms with Crippen molar-refractivity contribution in [2.24, 2.45) is 0 Å². The molecule has 0 bridgehead atoms. The van der Waals surface area contributed by atoms with E-state index in [1.807, 2.05) is 6.92 Å². The molecule has 0 aliphatic rings. The summed E-state index contributed by atoms with van der Waals surface area (Å²) in [7, 11) is 0. The number of benzene rings is 3. The van der Waals surface area contributed by atoms with E-state index >= 15 is 0 Å². The minimum atomic E-state index is -1.18. The molecule has 6 nitrogen and oxygen atoms in total. The van der Waals surface area contributed by atoms with Crippen LogP contribution in [0.5, 0.6) is 0 Å². The Balaban J connectivity index is 1.69. The molecule has 9 heteroatoms. The largest absolute Gasteiger partial charge is 0.480 e. The first-order valence-corrected chi connectivity index (χ1v) is 10.9. The van der Waals surface area contributed by atoms with Crippen molar-refractivity contribution in [2.45, 2.75) is 19.4 Å². The number of rotatable bonds is 7. The molecular formula is C24H19Cl3N2O4. The van der Waals surface area contributed by atoms with Crippen molar-refractivity contribution in [1.82, 2.24) is 5.32 Å². The normalized spacial score (nSPS) is 11.5. The highest BCUT2D eigenvalue weighted by Crippen LogP contribution is 2.25. The van der Waals surface area contributed by atoms with E-state index in [-0.39, 0.29) is 32.6 Å². The topological polar surface area (TPSA) is 95.5 Å². The van der Waals surface area contributed by atoms with Crippen molar-refractivity contribution in [3.63, 3.8) is 0 Å². The first-order valence-electron chi connectivity index (χ1n) is 9.80. The fourth-order valence-corrected chi connectivity index (χ4v) is 3.89. The summed E-state index contributed by atoms with van der Waals surface area (Å²) in [5.41, 5.74) is 2.31. The van der Waals surface area contributed by atoms with Crippen LogP contribution in [0, 0.1) is 6.92 Å². The maximum atomic E-state index is 12.6. The number of carboxylic acid groups (broad SMARTS) is 1. The third-order valence-electron chi connectivity index (χ3n) is 4.81. The second-order valence-corrected chi connectivity index (χ2v) is 8.52. The molecule has 0 radical (unpaired) electrons. The van der Waals surface area contributed by atoms with Gasteiger partial charge in [0.2, 0.25) is 0 Å². The van der Waals surface area contributed by atoms with E-state index in [0.29, 0.717) is 11.3 Å². The molecule has 3 aromatic carbocycles. The Morgan fingerprint density at radius 3 is 2.12 bits per heavy atom. The molecule has 170 valence electrons. The maximum Gasteiger partial charge on any atom is 0.326 e. The van der Waals surface area contributed by atoms with Gasteiger partial charge in [0.05, 0.1) is 26.2 Å². The van der Waals surface area contributed by atoms with Gasteiger partial charge in [-0.1, -0.05) is 64.6 Å². The number of aliphatic carboxylic acids is 1. The van der Waals surface area contributed by atoms with Crippen LogP contribution in [-0.2, 0) is 11.2 Å². The quantitative estimate of drug-likeness (QED) is 0.388. The molecule has 3 rings (SSSR count). The number of carbonyl (C=O) groups is 3. The molecule has 0 aliphatic heterocycles. The van der Waals surface area contributed by atoms with E-state index in [1.165, 1.54) is 0 Å². The van der Waals surface area contributed by atoms with E-state index in [4.69, 9.17) is 34.8 Å². The zero-order valence-electron chi connectivity index (χ0n) is 17.4. The number of aryl methyl sites for hydroxylation is 1. The number of hydrogen-bond donors (Lipinski definition) is 3. The Morgan fingerprint density at radius 1 is 0.879 bits per heavy atom. The number of carbonyl (C=O) groups excluding carboxylic acids is 2. The lowest BCUT2D eigenvalue weighted by atomic mass is 10.0. The van der Waals surface area contributed by atoms with Crippen LogP contribution in [-0.4, -0.2) is 28.9 Å².